The molecule has 2 heterocycles. The Labute approximate surface area is 174 Å². The van der Waals surface area contributed by atoms with Crippen molar-refractivity contribution in [3.63, 3.8) is 0 Å². The minimum atomic E-state index is -0.556. The summed E-state index contributed by atoms with van der Waals surface area (Å²) in [6, 6.07) is 13.0. The number of carbonyl (C=O) groups excluding carboxylic acids is 2. The van der Waals surface area contributed by atoms with Crippen LogP contribution in [0.5, 0.6) is 0 Å². The number of amides is 1. The Morgan fingerprint density at radius 1 is 1.23 bits per heavy atom. The summed E-state index contributed by atoms with van der Waals surface area (Å²) < 4.78 is 1.96. The van der Waals surface area contributed by atoms with E-state index in [-0.39, 0.29) is 24.9 Å². The van der Waals surface area contributed by atoms with Crippen LogP contribution in [0.3, 0.4) is 0 Å². The van der Waals surface area contributed by atoms with Crippen LogP contribution in [-0.4, -0.2) is 33.0 Å². The van der Waals surface area contributed by atoms with Crippen LogP contribution in [0, 0.1) is 5.92 Å². The summed E-state index contributed by atoms with van der Waals surface area (Å²) in [5.41, 5.74) is 10.00. The highest BCUT2D eigenvalue weighted by atomic mass is 16.3. The van der Waals surface area contributed by atoms with Crippen molar-refractivity contribution in [1.29, 1.82) is 0 Å². The van der Waals surface area contributed by atoms with Crippen LogP contribution in [0.1, 0.15) is 35.4 Å². The summed E-state index contributed by atoms with van der Waals surface area (Å²) in [5.74, 6) is -1.17. The number of aliphatic hydroxyl groups is 1. The number of Topliss-reactive ketones (excluding diaryl/α,β-unsaturated/α-hetero) is 1. The van der Waals surface area contributed by atoms with E-state index in [1.807, 2.05) is 54.0 Å². The van der Waals surface area contributed by atoms with Crippen LogP contribution in [-0.2, 0) is 11.2 Å². The molecule has 0 spiro atoms. The van der Waals surface area contributed by atoms with Crippen molar-refractivity contribution in [3.05, 3.63) is 66.1 Å². The first-order valence-corrected chi connectivity index (χ1v) is 9.94. The average molecular weight is 404 g/mol. The molecule has 0 saturated carbocycles. The SMILES string of the molecule is C[C@@H](CO)n1c2c(c(Nc3ccccc3)c1-c1ccncc1)C(=O)CC(C(N)=O)C2. The Balaban J connectivity index is 2.00. The highest BCUT2D eigenvalue weighted by Gasteiger charge is 2.37. The van der Waals surface area contributed by atoms with Gasteiger partial charge in [0, 0.05) is 42.2 Å². The van der Waals surface area contributed by atoms with Gasteiger partial charge in [-0.1, -0.05) is 18.2 Å². The lowest BCUT2D eigenvalue weighted by Crippen LogP contribution is -2.32. The van der Waals surface area contributed by atoms with E-state index in [1.165, 1.54) is 0 Å². The fourth-order valence-electron chi connectivity index (χ4n) is 4.12. The van der Waals surface area contributed by atoms with Crippen molar-refractivity contribution in [2.24, 2.45) is 11.7 Å². The molecule has 1 unspecified atom stereocenters. The molecule has 0 fully saturated rings. The number of carbonyl (C=O) groups is 2. The van der Waals surface area contributed by atoms with E-state index in [1.54, 1.807) is 12.4 Å². The predicted molar refractivity (Wildman–Crippen MR) is 115 cm³/mol. The maximum Gasteiger partial charge on any atom is 0.221 e. The van der Waals surface area contributed by atoms with Crippen LogP contribution >= 0.6 is 0 Å². The van der Waals surface area contributed by atoms with E-state index in [0.29, 0.717) is 17.7 Å². The van der Waals surface area contributed by atoms with Gasteiger partial charge in [-0.2, -0.15) is 0 Å². The quantitative estimate of drug-likeness (QED) is 0.585. The number of benzene rings is 1. The number of aromatic nitrogens is 2. The number of para-hydroxylation sites is 1. The minimum absolute atomic E-state index is 0.0824. The molecule has 7 nitrogen and oxygen atoms in total. The fourth-order valence-corrected chi connectivity index (χ4v) is 4.12. The van der Waals surface area contributed by atoms with E-state index in [9.17, 15) is 14.7 Å². The molecule has 154 valence electrons. The minimum Gasteiger partial charge on any atom is -0.394 e. The second-order valence-electron chi connectivity index (χ2n) is 7.60. The maximum absolute atomic E-state index is 13.2. The number of aliphatic hydroxyl groups excluding tert-OH is 1. The molecule has 2 atom stereocenters. The molecule has 1 aromatic carbocycles. The number of primary amides is 1. The van der Waals surface area contributed by atoms with Gasteiger partial charge < -0.3 is 20.7 Å². The zero-order valence-corrected chi connectivity index (χ0v) is 16.7. The summed E-state index contributed by atoms with van der Waals surface area (Å²) in [5, 5.41) is 13.4. The number of ketones is 1. The molecule has 30 heavy (non-hydrogen) atoms. The number of rotatable bonds is 6. The summed E-state index contributed by atoms with van der Waals surface area (Å²) in [4.78, 5) is 29.2. The molecular formula is C23H24N4O3. The van der Waals surface area contributed by atoms with E-state index in [0.717, 1.165) is 22.6 Å². The van der Waals surface area contributed by atoms with Crippen molar-refractivity contribution in [2.45, 2.75) is 25.8 Å². The Hall–Kier alpha value is -3.45. The van der Waals surface area contributed by atoms with Gasteiger partial charge in [0.05, 0.1) is 35.5 Å². The lowest BCUT2D eigenvalue weighted by molar-refractivity contribution is -0.121. The number of hydrogen-bond acceptors (Lipinski definition) is 5. The van der Waals surface area contributed by atoms with Gasteiger partial charge in [0.15, 0.2) is 5.78 Å². The Morgan fingerprint density at radius 2 is 1.93 bits per heavy atom. The molecule has 2 aromatic heterocycles. The predicted octanol–water partition coefficient (Wildman–Crippen LogP) is 3.08. The molecule has 0 saturated heterocycles. The lowest BCUT2D eigenvalue weighted by Gasteiger charge is -2.24. The van der Waals surface area contributed by atoms with E-state index in [2.05, 4.69) is 10.3 Å². The molecule has 7 heteroatoms. The molecule has 0 aliphatic heterocycles. The third kappa shape index (κ3) is 3.48. The van der Waals surface area contributed by atoms with Gasteiger partial charge in [0.2, 0.25) is 5.91 Å². The number of hydrogen-bond donors (Lipinski definition) is 3. The second-order valence-corrected chi connectivity index (χ2v) is 7.60. The molecule has 4 rings (SSSR count). The fraction of sp³-hybridized carbons (Fsp3) is 0.261. The van der Waals surface area contributed by atoms with Crippen LogP contribution < -0.4 is 11.1 Å². The van der Waals surface area contributed by atoms with Crippen molar-refractivity contribution in [1.82, 2.24) is 9.55 Å². The second kappa shape index (κ2) is 8.12. The number of nitrogens with two attached hydrogens (primary N) is 1. The van der Waals surface area contributed by atoms with Crippen LogP contribution in [0.15, 0.2) is 54.9 Å². The summed E-state index contributed by atoms with van der Waals surface area (Å²) in [7, 11) is 0. The molecule has 0 bridgehead atoms. The molecule has 1 amide bonds. The normalized spacial score (nSPS) is 16.7. The molecule has 3 aromatic rings. The van der Waals surface area contributed by atoms with E-state index >= 15 is 0 Å². The van der Waals surface area contributed by atoms with Crippen LogP contribution in [0.25, 0.3) is 11.3 Å². The van der Waals surface area contributed by atoms with Gasteiger partial charge in [0.1, 0.15) is 0 Å². The topological polar surface area (TPSA) is 110 Å². The number of pyridine rings is 1. The van der Waals surface area contributed by atoms with Gasteiger partial charge in [0.25, 0.3) is 0 Å². The molecule has 1 aliphatic carbocycles. The first-order chi connectivity index (χ1) is 14.5. The largest absolute Gasteiger partial charge is 0.394 e. The van der Waals surface area contributed by atoms with Crippen molar-refractivity contribution in [2.75, 3.05) is 11.9 Å². The van der Waals surface area contributed by atoms with Crippen molar-refractivity contribution in [3.8, 4) is 11.3 Å². The summed E-state index contributed by atoms with van der Waals surface area (Å²) in [6.07, 6.45) is 3.82. The number of nitrogens with zero attached hydrogens (tertiary/aromatic N) is 2. The summed E-state index contributed by atoms with van der Waals surface area (Å²) >= 11 is 0. The zero-order valence-electron chi connectivity index (χ0n) is 16.7. The van der Waals surface area contributed by atoms with E-state index in [4.69, 9.17) is 5.73 Å². The van der Waals surface area contributed by atoms with Crippen molar-refractivity contribution < 1.29 is 14.7 Å². The monoisotopic (exact) mass is 404 g/mol. The molecule has 0 radical (unpaired) electrons. The van der Waals surface area contributed by atoms with E-state index < -0.39 is 11.8 Å². The third-order valence-corrected chi connectivity index (χ3v) is 5.56. The summed E-state index contributed by atoms with van der Waals surface area (Å²) in [6.45, 7) is 1.77. The first-order valence-electron chi connectivity index (χ1n) is 9.94. The Kier molecular flexibility index (Phi) is 5.37. The average Bonchev–Trinajstić information content (AvgIpc) is 3.09. The van der Waals surface area contributed by atoms with Crippen LogP contribution in [0.2, 0.25) is 0 Å². The molecule has 1 aliphatic rings. The zero-order chi connectivity index (χ0) is 21.3. The smallest absolute Gasteiger partial charge is 0.221 e. The highest BCUT2D eigenvalue weighted by Crippen LogP contribution is 2.44. The van der Waals surface area contributed by atoms with Gasteiger partial charge in [-0.15, -0.1) is 0 Å². The van der Waals surface area contributed by atoms with Crippen molar-refractivity contribution >= 4 is 23.1 Å². The van der Waals surface area contributed by atoms with Gasteiger partial charge in [-0.25, -0.2) is 0 Å². The number of fused-ring (bicyclic) bond motifs is 1. The number of nitrogens with one attached hydrogen (secondary N) is 1. The van der Waals surface area contributed by atoms with Crippen LogP contribution in [0.4, 0.5) is 11.4 Å². The lowest BCUT2D eigenvalue weighted by atomic mass is 9.85. The Morgan fingerprint density at radius 3 is 2.57 bits per heavy atom. The third-order valence-electron chi connectivity index (χ3n) is 5.56. The number of anilines is 2. The first kappa shape index (κ1) is 19.8. The molecule has 4 N–H and O–H groups in total. The highest BCUT2D eigenvalue weighted by molar-refractivity contribution is 6.09. The Bertz CT molecular complexity index is 1080. The van der Waals surface area contributed by atoms with Gasteiger partial charge in [-0.05, 0) is 31.2 Å². The molecular weight excluding hydrogens is 380 g/mol. The maximum atomic E-state index is 13.2. The van der Waals surface area contributed by atoms with Gasteiger partial charge >= 0.3 is 0 Å². The van der Waals surface area contributed by atoms with Gasteiger partial charge in [-0.3, -0.25) is 14.6 Å². The standard InChI is InChI=1S/C23H24N4O3/c1-14(13-28)27-18-11-16(23(24)30)12-19(29)20(18)21(26-17-5-3-2-4-6-17)22(27)15-7-9-25-10-8-15/h2-10,14,16,26,28H,11-13H2,1H3,(H2,24,30)/t14-,16?/m0/s1.